The number of hydrogen-bond donors (Lipinski definition) is 2. The molecule has 0 aromatic heterocycles. The molecule has 0 heterocycles. The number of hydrogen-bond acceptors (Lipinski definition) is 5. The van der Waals surface area contributed by atoms with Crippen molar-refractivity contribution in [3.05, 3.63) is 83.7 Å². The molecule has 3 aromatic rings. The van der Waals surface area contributed by atoms with Gasteiger partial charge in [-0.05, 0) is 73.5 Å². The largest absolute Gasteiger partial charge is 0.325 e. The fourth-order valence-electron chi connectivity index (χ4n) is 3.10. The quantitative estimate of drug-likeness (QED) is 0.485. The molecule has 0 aliphatic heterocycles. The summed E-state index contributed by atoms with van der Waals surface area (Å²) in [5, 5.41) is 2.49. The van der Waals surface area contributed by atoms with Gasteiger partial charge in [-0.2, -0.15) is 0 Å². The first kappa shape index (κ1) is 25.2. The number of para-hydroxylation sites is 1. The van der Waals surface area contributed by atoms with Crippen LogP contribution in [-0.2, 0) is 24.8 Å². The van der Waals surface area contributed by atoms with Crippen molar-refractivity contribution < 1.29 is 26.0 Å². The number of nitrogens with zero attached hydrogens (tertiary/aromatic N) is 1. The molecular weight excluding hydrogens is 481 g/mol. The second kappa shape index (κ2) is 9.82. The maximum Gasteiger partial charge on any atom is 0.261 e. The van der Waals surface area contributed by atoms with E-state index in [1.807, 2.05) is 19.9 Å². The predicted octanol–water partition coefficient (Wildman–Crippen LogP) is 3.65. The summed E-state index contributed by atoms with van der Waals surface area (Å²) in [5.41, 5.74) is 2.40. The zero-order valence-corrected chi connectivity index (χ0v) is 20.4. The summed E-state index contributed by atoms with van der Waals surface area (Å²) in [6.45, 7) is 3.14. The highest BCUT2D eigenvalue weighted by molar-refractivity contribution is 7.92. The molecule has 0 unspecified atom stereocenters. The lowest BCUT2D eigenvalue weighted by atomic mass is 10.1. The van der Waals surface area contributed by atoms with Gasteiger partial charge in [0.05, 0.1) is 16.8 Å². The summed E-state index contributed by atoms with van der Waals surface area (Å²) in [6.07, 6.45) is 0.870. The van der Waals surface area contributed by atoms with Gasteiger partial charge in [-0.1, -0.05) is 18.2 Å². The van der Waals surface area contributed by atoms with E-state index in [1.54, 1.807) is 12.1 Å². The zero-order chi connectivity index (χ0) is 25.1. The van der Waals surface area contributed by atoms with Crippen LogP contribution in [0.15, 0.2) is 71.6 Å². The molecule has 34 heavy (non-hydrogen) atoms. The fraction of sp³-hybridized carbons (Fsp3) is 0.174. The van der Waals surface area contributed by atoms with Gasteiger partial charge >= 0.3 is 0 Å². The molecule has 0 aliphatic rings. The molecule has 0 bridgehead atoms. The van der Waals surface area contributed by atoms with Crippen LogP contribution < -0.4 is 14.3 Å². The lowest BCUT2D eigenvalue weighted by molar-refractivity contribution is -0.114. The highest BCUT2D eigenvalue weighted by Gasteiger charge is 2.23. The molecule has 0 atom stereocenters. The molecule has 3 rings (SSSR count). The number of carbonyl (C=O) groups is 1. The molecule has 0 aliphatic carbocycles. The molecule has 8 nitrogen and oxygen atoms in total. The molecule has 0 saturated heterocycles. The number of benzene rings is 3. The van der Waals surface area contributed by atoms with Crippen LogP contribution in [0.4, 0.5) is 21.5 Å². The van der Waals surface area contributed by atoms with Gasteiger partial charge in [0.2, 0.25) is 15.9 Å². The van der Waals surface area contributed by atoms with E-state index >= 15 is 0 Å². The fourth-order valence-corrected chi connectivity index (χ4v) is 5.01. The highest BCUT2D eigenvalue weighted by atomic mass is 32.2. The Hall–Kier alpha value is -3.44. The van der Waals surface area contributed by atoms with Crippen molar-refractivity contribution in [1.82, 2.24) is 0 Å². The average molecular weight is 506 g/mol. The van der Waals surface area contributed by atoms with E-state index < -0.39 is 38.3 Å². The van der Waals surface area contributed by atoms with Gasteiger partial charge in [0.25, 0.3) is 10.0 Å². The van der Waals surface area contributed by atoms with E-state index in [0.717, 1.165) is 23.4 Å². The van der Waals surface area contributed by atoms with Crippen molar-refractivity contribution in [2.45, 2.75) is 18.7 Å². The van der Waals surface area contributed by atoms with E-state index in [2.05, 4.69) is 10.0 Å². The van der Waals surface area contributed by atoms with Crippen molar-refractivity contribution in [2.75, 3.05) is 27.1 Å². The lowest BCUT2D eigenvalue weighted by Crippen LogP contribution is -2.38. The Morgan fingerprint density at radius 1 is 0.882 bits per heavy atom. The summed E-state index contributed by atoms with van der Waals surface area (Å²) >= 11 is 0. The number of carbonyl (C=O) groups excluding carboxylic acids is 1. The first-order valence-corrected chi connectivity index (χ1v) is 13.4. The highest BCUT2D eigenvalue weighted by Crippen LogP contribution is 2.23. The Labute approximate surface area is 198 Å². The number of sulfonamides is 2. The smallest absolute Gasteiger partial charge is 0.261 e. The third-order valence-electron chi connectivity index (χ3n) is 5.02. The standard InChI is InChI=1S/C23H24FN3O5S2/c1-16-8-9-19(14-17(16)2)26-34(31,32)20-12-10-18(11-13-20)25-23(28)15-27(33(3,29)30)22-7-5-4-6-21(22)24/h4-14,26H,15H2,1-3H3,(H,25,28). The minimum atomic E-state index is -3.94. The van der Waals surface area contributed by atoms with Gasteiger partial charge in [-0.15, -0.1) is 0 Å². The van der Waals surface area contributed by atoms with Crippen molar-refractivity contribution in [1.29, 1.82) is 0 Å². The monoisotopic (exact) mass is 505 g/mol. The number of aryl methyl sites for hydroxylation is 2. The van der Waals surface area contributed by atoms with Gasteiger partial charge in [0.15, 0.2) is 0 Å². The normalized spacial score (nSPS) is 11.6. The molecule has 0 fully saturated rings. The molecule has 0 spiro atoms. The van der Waals surface area contributed by atoms with Gasteiger partial charge in [-0.25, -0.2) is 21.2 Å². The van der Waals surface area contributed by atoms with E-state index in [0.29, 0.717) is 9.99 Å². The molecule has 0 radical (unpaired) electrons. The van der Waals surface area contributed by atoms with Gasteiger partial charge in [-0.3, -0.25) is 13.8 Å². The first-order chi connectivity index (χ1) is 15.9. The Morgan fingerprint density at radius 2 is 1.50 bits per heavy atom. The van der Waals surface area contributed by atoms with Crippen LogP contribution in [0.1, 0.15) is 11.1 Å². The van der Waals surface area contributed by atoms with Crippen molar-refractivity contribution in [3.8, 4) is 0 Å². The Balaban J connectivity index is 1.72. The third kappa shape index (κ3) is 6.12. The Bertz CT molecular complexity index is 1420. The summed E-state index contributed by atoms with van der Waals surface area (Å²) in [6, 6.07) is 15.8. The zero-order valence-electron chi connectivity index (χ0n) is 18.7. The maximum absolute atomic E-state index is 14.1. The second-order valence-electron chi connectivity index (χ2n) is 7.70. The van der Waals surface area contributed by atoms with E-state index in [-0.39, 0.29) is 16.3 Å². The molecular formula is C23H24FN3O5S2. The van der Waals surface area contributed by atoms with Crippen LogP contribution >= 0.6 is 0 Å². The van der Waals surface area contributed by atoms with Crippen LogP contribution in [0.5, 0.6) is 0 Å². The topological polar surface area (TPSA) is 113 Å². The summed E-state index contributed by atoms with van der Waals surface area (Å²) in [4.78, 5) is 12.4. The second-order valence-corrected chi connectivity index (χ2v) is 11.3. The molecule has 11 heteroatoms. The van der Waals surface area contributed by atoms with E-state index in [9.17, 15) is 26.0 Å². The predicted molar refractivity (Wildman–Crippen MR) is 130 cm³/mol. The number of nitrogens with one attached hydrogen (secondary N) is 2. The molecule has 0 saturated carbocycles. The minimum Gasteiger partial charge on any atom is -0.325 e. The van der Waals surface area contributed by atoms with E-state index in [4.69, 9.17) is 0 Å². The van der Waals surface area contributed by atoms with Crippen LogP contribution in [-0.4, -0.2) is 35.5 Å². The number of amides is 1. The average Bonchev–Trinajstić information content (AvgIpc) is 2.75. The van der Waals surface area contributed by atoms with Crippen LogP contribution in [0.2, 0.25) is 0 Å². The van der Waals surface area contributed by atoms with Gasteiger partial charge in [0, 0.05) is 11.4 Å². The van der Waals surface area contributed by atoms with Crippen molar-refractivity contribution >= 4 is 43.0 Å². The number of rotatable bonds is 8. The summed E-state index contributed by atoms with van der Waals surface area (Å²) < 4.78 is 66.8. The molecule has 2 N–H and O–H groups in total. The minimum absolute atomic E-state index is 0.0205. The number of anilines is 3. The van der Waals surface area contributed by atoms with Crippen molar-refractivity contribution in [2.24, 2.45) is 0 Å². The Morgan fingerprint density at radius 3 is 2.09 bits per heavy atom. The Kier molecular flexibility index (Phi) is 7.27. The van der Waals surface area contributed by atoms with Gasteiger partial charge < -0.3 is 5.32 Å². The van der Waals surface area contributed by atoms with Crippen LogP contribution in [0.25, 0.3) is 0 Å². The third-order valence-corrected chi connectivity index (χ3v) is 7.54. The van der Waals surface area contributed by atoms with Crippen LogP contribution in [0, 0.1) is 19.7 Å². The summed E-state index contributed by atoms with van der Waals surface area (Å²) in [5.74, 6) is -1.51. The van der Waals surface area contributed by atoms with Gasteiger partial charge in [0.1, 0.15) is 12.4 Å². The SMILES string of the molecule is Cc1ccc(NS(=O)(=O)c2ccc(NC(=O)CN(c3ccccc3F)S(C)(=O)=O)cc2)cc1C. The number of halogens is 1. The van der Waals surface area contributed by atoms with Crippen molar-refractivity contribution in [3.63, 3.8) is 0 Å². The molecule has 3 aromatic carbocycles. The summed E-state index contributed by atoms with van der Waals surface area (Å²) in [7, 11) is -7.80. The first-order valence-electron chi connectivity index (χ1n) is 10.1. The molecule has 1 amide bonds. The van der Waals surface area contributed by atoms with E-state index in [1.165, 1.54) is 42.5 Å². The van der Waals surface area contributed by atoms with Crippen LogP contribution in [0.3, 0.4) is 0 Å². The molecule has 180 valence electrons. The maximum atomic E-state index is 14.1. The lowest BCUT2D eigenvalue weighted by Gasteiger charge is -2.22.